The van der Waals surface area contributed by atoms with E-state index in [9.17, 15) is 9.59 Å². The van der Waals surface area contributed by atoms with Crippen molar-refractivity contribution in [2.45, 2.75) is 136 Å². The van der Waals surface area contributed by atoms with E-state index in [-0.39, 0.29) is 17.9 Å². The fourth-order valence-electron chi connectivity index (χ4n) is 4.81. The predicted molar refractivity (Wildman–Crippen MR) is 167 cm³/mol. The third kappa shape index (κ3) is 14.7. The summed E-state index contributed by atoms with van der Waals surface area (Å²) in [5.74, 6) is 0.642. The second-order valence-corrected chi connectivity index (χ2v) is 11.3. The molecule has 1 atom stereocenters. The molecular weight excluding hydrogens is 496 g/mol. The number of benzene rings is 2. The summed E-state index contributed by atoms with van der Waals surface area (Å²) in [7, 11) is 0. The van der Waals surface area contributed by atoms with Crippen molar-refractivity contribution in [3.8, 4) is 22.6 Å². The van der Waals surface area contributed by atoms with E-state index in [0.717, 1.165) is 30.4 Å². The highest BCUT2D eigenvalue weighted by atomic mass is 16.5. The zero-order valence-corrected chi connectivity index (χ0v) is 25.6. The highest BCUT2D eigenvalue weighted by Gasteiger charge is 2.13. The van der Waals surface area contributed by atoms with Gasteiger partial charge in [-0.25, -0.2) is 0 Å². The Morgan fingerprint density at radius 3 is 1.32 bits per heavy atom. The Bertz CT molecular complexity index is 932. The van der Waals surface area contributed by atoms with Crippen molar-refractivity contribution in [2.75, 3.05) is 0 Å². The van der Waals surface area contributed by atoms with Crippen molar-refractivity contribution in [1.29, 1.82) is 0 Å². The van der Waals surface area contributed by atoms with E-state index in [1.807, 2.05) is 62.4 Å². The standard InChI is InChI=1S/C36H54O4/c1-4-6-7-8-9-10-11-12-13-14-15-16-17-18-19-20-21-35(37)39-33-26-22-31(23-27-33)32-24-28-34(29-25-32)40-36(38)30(3)5-2/h22-30H,4-21H2,1-3H3. The number of hydrogen-bond donors (Lipinski definition) is 0. The Labute approximate surface area is 244 Å². The average molecular weight is 551 g/mol. The maximum atomic E-state index is 12.2. The third-order valence-corrected chi connectivity index (χ3v) is 7.74. The first-order valence-electron chi connectivity index (χ1n) is 16.2. The Morgan fingerprint density at radius 1 is 0.550 bits per heavy atom. The second-order valence-electron chi connectivity index (χ2n) is 11.3. The van der Waals surface area contributed by atoms with Crippen LogP contribution in [0.5, 0.6) is 11.5 Å². The van der Waals surface area contributed by atoms with Gasteiger partial charge >= 0.3 is 11.9 Å². The van der Waals surface area contributed by atoms with Crippen molar-refractivity contribution in [1.82, 2.24) is 0 Å². The van der Waals surface area contributed by atoms with Gasteiger partial charge in [0, 0.05) is 6.42 Å². The van der Waals surface area contributed by atoms with Gasteiger partial charge in [-0.3, -0.25) is 9.59 Å². The van der Waals surface area contributed by atoms with Gasteiger partial charge in [0.2, 0.25) is 0 Å². The van der Waals surface area contributed by atoms with E-state index in [2.05, 4.69) is 6.92 Å². The van der Waals surface area contributed by atoms with E-state index < -0.39 is 0 Å². The Balaban J connectivity index is 1.50. The lowest BCUT2D eigenvalue weighted by Gasteiger charge is -2.10. The summed E-state index contributed by atoms with van der Waals surface area (Å²) in [4.78, 5) is 24.2. The van der Waals surface area contributed by atoms with Crippen molar-refractivity contribution < 1.29 is 19.1 Å². The minimum atomic E-state index is -0.207. The van der Waals surface area contributed by atoms with Crippen molar-refractivity contribution in [3.05, 3.63) is 48.5 Å². The van der Waals surface area contributed by atoms with E-state index >= 15 is 0 Å². The van der Waals surface area contributed by atoms with Gasteiger partial charge in [0.15, 0.2) is 0 Å². The molecule has 0 saturated carbocycles. The minimum Gasteiger partial charge on any atom is -0.427 e. The number of carbonyl (C=O) groups excluding carboxylic acids is 2. The number of unbranched alkanes of at least 4 members (excludes halogenated alkanes) is 15. The lowest BCUT2D eigenvalue weighted by molar-refractivity contribution is -0.138. The number of carbonyl (C=O) groups is 2. The van der Waals surface area contributed by atoms with Crippen LogP contribution < -0.4 is 9.47 Å². The highest BCUT2D eigenvalue weighted by Crippen LogP contribution is 2.25. The molecule has 0 aromatic heterocycles. The SMILES string of the molecule is CCCCCCCCCCCCCCCCCCC(=O)Oc1ccc(-c2ccc(OC(=O)C(C)CC)cc2)cc1. The van der Waals surface area contributed by atoms with Gasteiger partial charge in [0.05, 0.1) is 5.92 Å². The molecule has 0 bridgehead atoms. The molecule has 1 unspecified atom stereocenters. The molecule has 0 aliphatic carbocycles. The van der Waals surface area contributed by atoms with Gasteiger partial charge in [-0.2, -0.15) is 0 Å². The van der Waals surface area contributed by atoms with Crippen LogP contribution in [0.25, 0.3) is 11.1 Å². The fraction of sp³-hybridized carbons (Fsp3) is 0.611. The van der Waals surface area contributed by atoms with Crippen LogP contribution in [0.1, 0.15) is 136 Å². The maximum Gasteiger partial charge on any atom is 0.314 e. The Hall–Kier alpha value is -2.62. The lowest BCUT2D eigenvalue weighted by Crippen LogP contribution is -2.16. The second kappa shape index (κ2) is 21.2. The Kier molecular flexibility index (Phi) is 17.8. The average Bonchev–Trinajstić information content (AvgIpc) is 2.97. The van der Waals surface area contributed by atoms with Crippen LogP contribution in [0.15, 0.2) is 48.5 Å². The predicted octanol–water partition coefficient (Wildman–Crippen LogP) is 10.9. The summed E-state index contributed by atoms with van der Waals surface area (Å²) in [5.41, 5.74) is 2.02. The van der Waals surface area contributed by atoms with Crippen LogP contribution in [0, 0.1) is 5.92 Å². The molecule has 0 amide bonds. The molecule has 0 fully saturated rings. The number of ether oxygens (including phenoxy) is 2. The molecule has 0 saturated heterocycles. The van der Waals surface area contributed by atoms with Gasteiger partial charge in [-0.05, 0) is 48.2 Å². The van der Waals surface area contributed by atoms with E-state index in [0.29, 0.717) is 17.9 Å². The highest BCUT2D eigenvalue weighted by molar-refractivity contribution is 5.75. The molecule has 2 aromatic rings. The zero-order valence-electron chi connectivity index (χ0n) is 25.6. The first-order chi connectivity index (χ1) is 19.5. The maximum absolute atomic E-state index is 12.2. The van der Waals surface area contributed by atoms with E-state index in [1.165, 1.54) is 89.9 Å². The van der Waals surface area contributed by atoms with Gasteiger partial charge in [0.1, 0.15) is 11.5 Å². The topological polar surface area (TPSA) is 52.6 Å². The molecular formula is C36H54O4. The van der Waals surface area contributed by atoms with Crippen LogP contribution in [-0.4, -0.2) is 11.9 Å². The molecule has 0 spiro atoms. The van der Waals surface area contributed by atoms with Crippen LogP contribution in [0.2, 0.25) is 0 Å². The molecule has 222 valence electrons. The van der Waals surface area contributed by atoms with Gasteiger partial charge in [0.25, 0.3) is 0 Å². The van der Waals surface area contributed by atoms with Gasteiger partial charge in [-0.1, -0.05) is 141 Å². The summed E-state index contributed by atoms with van der Waals surface area (Å²) in [5, 5.41) is 0. The largest absolute Gasteiger partial charge is 0.427 e. The Morgan fingerprint density at radius 2 is 0.925 bits per heavy atom. The van der Waals surface area contributed by atoms with E-state index in [1.54, 1.807) is 0 Å². The zero-order chi connectivity index (χ0) is 28.8. The van der Waals surface area contributed by atoms with Crippen LogP contribution in [0.4, 0.5) is 0 Å². The molecule has 2 rings (SSSR count). The third-order valence-electron chi connectivity index (χ3n) is 7.74. The summed E-state index contributed by atoms with van der Waals surface area (Å²) >= 11 is 0. The summed E-state index contributed by atoms with van der Waals surface area (Å²) in [6.07, 6.45) is 22.4. The smallest absolute Gasteiger partial charge is 0.314 e. The molecule has 40 heavy (non-hydrogen) atoms. The van der Waals surface area contributed by atoms with Crippen molar-refractivity contribution in [2.24, 2.45) is 5.92 Å². The van der Waals surface area contributed by atoms with Gasteiger partial charge < -0.3 is 9.47 Å². The summed E-state index contributed by atoms with van der Waals surface area (Å²) in [6.45, 7) is 6.11. The first kappa shape index (κ1) is 33.6. The lowest BCUT2D eigenvalue weighted by atomic mass is 10.0. The summed E-state index contributed by atoms with van der Waals surface area (Å²) in [6, 6.07) is 15.0. The monoisotopic (exact) mass is 550 g/mol. The molecule has 4 nitrogen and oxygen atoms in total. The van der Waals surface area contributed by atoms with Gasteiger partial charge in [-0.15, -0.1) is 0 Å². The number of esters is 2. The number of rotatable bonds is 22. The van der Waals surface area contributed by atoms with Crippen LogP contribution >= 0.6 is 0 Å². The molecule has 2 aromatic carbocycles. The fourth-order valence-corrected chi connectivity index (χ4v) is 4.81. The van der Waals surface area contributed by atoms with Crippen LogP contribution in [0.3, 0.4) is 0 Å². The van der Waals surface area contributed by atoms with E-state index in [4.69, 9.17) is 9.47 Å². The quantitative estimate of drug-likeness (QED) is 0.0831. The molecule has 0 aliphatic rings. The molecule has 0 aliphatic heterocycles. The molecule has 0 N–H and O–H groups in total. The molecule has 0 radical (unpaired) electrons. The normalized spacial score (nSPS) is 11.8. The van der Waals surface area contributed by atoms with Crippen LogP contribution in [-0.2, 0) is 9.59 Å². The molecule has 0 heterocycles. The number of hydrogen-bond acceptors (Lipinski definition) is 4. The molecule has 4 heteroatoms. The first-order valence-corrected chi connectivity index (χ1v) is 16.2. The minimum absolute atomic E-state index is 0.112. The van der Waals surface area contributed by atoms with Crippen molar-refractivity contribution in [3.63, 3.8) is 0 Å². The summed E-state index contributed by atoms with van der Waals surface area (Å²) < 4.78 is 10.9. The van der Waals surface area contributed by atoms with Crippen molar-refractivity contribution >= 4 is 11.9 Å².